The highest BCUT2D eigenvalue weighted by Gasteiger charge is 2.26. The number of hydrogen-bond acceptors (Lipinski definition) is 4. The number of benzene rings is 2. The van der Waals surface area contributed by atoms with Crippen molar-refractivity contribution < 1.29 is 14.5 Å². The molecule has 7 nitrogen and oxygen atoms in total. The molecule has 1 atom stereocenters. The number of amides is 2. The van der Waals surface area contributed by atoms with E-state index in [4.69, 9.17) is 0 Å². The van der Waals surface area contributed by atoms with Gasteiger partial charge in [-0.25, -0.2) is 0 Å². The van der Waals surface area contributed by atoms with Gasteiger partial charge in [0, 0.05) is 30.8 Å². The zero-order valence-electron chi connectivity index (χ0n) is 14.3. The molecule has 7 heteroatoms. The molecule has 26 heavy (non-hydrogen) atoms. The summed E-state index contributed by atoms with van der Waals surface area (Å²) in [6.45, 7) is 2.75. The molecule has 0 saturated heterocycles. The Kier molecular flexibility index (Phi) is 4.97. The zero-order chi connectivity index (χ0) is 18.7. The fraction of sp³-hybridized carbons (Fsp3) is 0.263. The highest BCUT2D eigenvalue weighted by atomic mass is 16.6. The van der Waals surface area contributed by atoms with Gasteiger partial charge in [0.25, 0.3) is 11.6 Å². The minimum atomic E-state index is -0.716. The lowest BCUT2D eigenvalue weighted by atomic mass is 9.99. The van der Waals surface area contributed by atoms with Gasteiger partial charge in [-0.3, -0.25) is 19.7 Å². The maximum absolute atomic E-state index is 12.7. The third kappa shape index (κ3) is 3.72. The van der Waals surface area contributed by atoms with Gasteiger partial charge in [-0.05, 0) is 30.5 Å². The maximum Gasteiger partial charge on any atom is 0.270 e. The molecule has 0 bridgehead atoms. The number of carbonyl (C=O) groups is 2. The molecule has 0 spiro atoms. The smallest absolute Gasteiger partial charge is 0.270 e. The van der Waals surface area contributed by atoms with Crippen LogP contribution in [0.2, 0.25) is 0 Å². The van der Waals surface area contributed by atoms with Crippen molar-refractivity contribution in [2.45, 2.75) is 25.9 Å². The molecule has 0 fully saturated rings. The molecule has 2 amide bonds. The van der Waals surface area contributed by atoms with Gasteiger partial charge >= 0.3 is 0 Å². The van der Waals surface area contributed by atoms with Crippen LogP contribution in [-0.2, 0) is 17.8 Å². The van der Waals surface area contributed by atoms with Crippen LogP contribution in [0.15, 0.2) is 48.5 Å². The van der Waals surface area contributed by atoms with Crippen molar-refractivity contribution in [1.82, 2.24) is 10.2 Å². The van der Waals surface area contributed by atoms with Crippen LogP contribution in [0, 0.1) is 10.1 Å². The summed E-state index contributed by atoms with van der Waals surface area (Å²) in [6.07, 6.45) is 0.785. The van der Waals surface area contributed by atoms with E-state index >= 15 is 0 Å². The summed E-state index contributed by atoms with van der Waals surface area (Å²) in [5.74, 6) is -0.676. The van der Waals surface area contributed by atoms with Gasteiger partial charge in [0.05, 0.1) is 4.92 Å². The number of fused-ring (bicyclic) bond motifs is 1. The molecule has 1 heterocycles. The second-order valence-electron chi connectivity index (χ2n) is 6.28. The van der Waals surface area contributed by atoms with Crippen molar-refractivity contribution in [3.8, 4) is 0 Å². The number of rotatable bonds is 4. The average molecular weight is 353 g/mol. The van der Waals surface area contributed by atoms with Gasteiger partial charge in [0.1, 0.15) is 6.04 Å². The molecule has 2 aromatic carbocycles. The summed E-state index contributed by atoms with van der Waals surface area (Å²) < 4.78 is 0. The Bertz CT molecular complexity index is 865. The van der Waals surface area contributed by atoms with Crippen LogP contribution >= 0.6 is 0 Å². The molecule has 1 aliphatic rings. The topological polar surface area (TPSA) is 92.5 Å². The maximum atomic E-state index is 12.7. The van der Waals surface area contributed by atoms with Gasteiger partial charge in [-0.2, -0.15) is 0 Å². The van der Waals surface area contributed by atoms with E-state index in [1.54, 1.807) is 11.8 Å². The van der Waals surface area contributed by atoms with Crippen LogP contribution in [0.25, 0.3) is 0 Å². The zero-order valence-corrected chi connectivity index (χ0v) is 14.3. The molecule has 3 rings (SSSR count). The first-order valence-electron chi connectivity index (χ1n) is 8.36. The van der Waals surface area contributed by atoms with E-state index < -0.39 is 16.9 Å². The van der Waals surface area contributed by atoms with Crippen LogP contribution in [0.1, 0.15) is 28.4 Å². The summed E-state index contributed by atoms with van der Waals surface area (Å²) >= 11 is 0. The Hall–Kier alpha value is -3.22. The SMILES string of the molecule is CC(NC(=O)c1cccc([N+](=O)[O-])c1)C(=O)N1CCc2ccccc2C1. The molecule has 0 aromatic heterocycles. The molecule has 0 radical (unpaired) electrons. The first-order valence-corrected chi connectivity index (χ1v) is 8.36. The number of nitro benzene ring substituents is 1. The molecular formula is C19H19N3O4. The number of hydrogen-bond donors (Lipinski definition) is 1. The standard InChI is InChI=1S/C19H19N3O4/c1-13(20-18(23)15-7-4-8-17(11-15)22(25)26)19(24)21-10-9-14-5-2-3-6-16(14)12-21/h2-8,11,13H,9-10,12H2,1H3,(H,20,23). The minimum absolute atomic E-state index is 0.155. The highest BCUT2D eigenvalue weighted by molar-refractivity contribution is 5.97. The fourth-order valence-electron chi connectivity index (χ4n) is 3.06. The van der Waals surface area contributed by atoms with Crippen LogP contribution in [0.5, 0.6) is 0 Å². The minimum Gasteiger partial charge on any atom is -0.341 e. The predicted molar refractivity (Wildman–Crippen MR) is 95.6 cm³/mol. The summed E-state index contributed by atoms with van der Waals surface area (Å²) in [5.41, 5.74) is 2.35. The molecule has 1 aliphatic heterocycles. The predicted octanol–water partition coefficient (Wildman–Crippen LogP) is 2.30. The first kappa shape index (κ1) is 17.6. The van der Waals surface area contributed by atoms with Crippen LogP contribution in [0.3, 0.4) is 0 Å². The molecule has 0 saturated carbocycles. The monoisotopic (exact) mass is 353 g/mol. The van der Waals surface area contributed by atoms with Crippen LogP contribution in [-0.4, -0.2) is 34.2 Å². The lowest BCUT2D eigenvalue weighted by Gasteiger charge is -2.31. The van der Waals surface area contributed by atoms with Gasteiger partial charge in [0.15, 0.2) is 0 Å². The van der Waals surface area contributed by atoms with Gasteiger partial charge in [-0.1, -0.05) is 30.3 Å². The number of nitrogens with one attached hydrogen (secondary N) is 1. The number of nitrogens with zero attached hydrogens (tertiary/aromatic N) is 2. The Balaban J connectivity index is 1.65. The lowest BCUT2D eigenvalue weighted by molar-refractivity contribution is -0.384. The number of carbonyl (C=O) groups excluding carboxylic acids is 2. The van der Waals surface area contributed by atoms with Gasteiger partial charge in [0.2, 0.25) is 5.91 Å². The van der Waals surface area contributed by atoms with E-state index in [2.05, 4.69) is 11.4 Å². The average Bonchev–Trinajstić information content (AvgIpc) is 2.67. The molecule has 0 aliphatic carbocycles. The largest absolute Gasteiger partial charge is 0.341 e. The number of nitro groups is 1. The normalized spacial score (nSPS) is 14.3. The van der Waals surface area contributed by atoms with Crippen molar-refractivity contribution >= 4 is 17.5 Å². The van der Waals surface area contributed by atoms with E-state index in [-0.39, 0.29) is 17.2 Å². The van der Waals surface area contributed by atoms with Crippen molar-refractivity contribution in [3.05, 3.63) is 75.3 Å². The molecular weight excluding hydrogens is 334 g/mol. The van der Waals surface area contributed by atoms with E-state index in [9.17, 15) is 19.7 Å². The van der Waals surface area contributed by atoms with E-state index in [0.29, 0.717) is 13.1 Å². The summed E-state index contributed by atoms with van der Waals surface area (Å²) in [5, 5.41) is 13.5. The number of non-ortho nitro benzene ring substituents is 1. The quantitative estimate of drug-likeness (QED) is 0.674. The third-order valence-corrected chi connectivity index (χ3v) is 4.48. The fourth-order valence-corrected chi connectivity index (χ4v) is 3.06. The molecule has 1 unspecified atom stereocenters. The van der Waals surface area contributed by atoms with Gasteiger partial charge < -0.3 is 10.2 Å². The molecule has 1 N–H and O–H groups in total. The van der Waals surface area contributed by atoms with Gasteiger partial charge in [-0.15, -0.1) is 0 Å². The van der Waals surface area contributed by atoms with Crippen LogP contribution < -0.4 is 5.32 Å². The second kappa shape index (κ2) is 7.35. The van der Waals surface area contributed by atoms with Crippen molar-refractivity contribution in [2.75, 3.05) is 6.54 Å². The van der Waals surface area contributed by atoms with Crippen molar-refractivity contribution in [3.63, 3.8) is 0 Å². The second-order valence-corrected chi connectivity index (χ2v) is 6.28. The summed E-state index contributed by atoms with van der Waals surface area (Å²) in [4.78, 5) is 37.0. The van der Waals surface area contributed by atoms with Crippen molar-refractivity contribution in [1.29, 1.82) is 0 Å². The molecule has 2 aromatic rings. The summed E-state index contributed by atoms with van der Waals surface area (Å²) in [6, 6.07) is 12.7. The summed E-state index contributed by atoms with van der Waals surface area (Å²) in [7, 11) is 0. The van der Waals surface area contributed by atoms with Crippen molar-refractivity contribution in [2.24, 2.45) is 0 Å². The Labute approximate surface area is 150 Å². The Morgan fingerprint density at radius 3 is 2.62 bits per heavy atom. The Morgan fingerprint density at radius 2 is 1.88 bits per heavy atom. The van der Waals surface area contributed by atoms with Crippen LogP contribution in [0.4, 0.5) is 5.69 Å². The Morgan fingerprint density at radius 1 is 1.15 bits per heavy atom. The lowest BCUT2D eigenvalue weighted by Crippen LogP contribution is -2.48. The van der Waals surface area contributed by atoms with E-state index in [0.717, 1.165) is 12.0 Å². The third-order valence-electron chi connectivity index (χ3n) is 4.48. The molecule has 134 valence electrons. The van der Waals surface area contributed by atoms with E-state index in [1.165, 1.54) is 29.8 Å². The first-order chi connectivity index (χ1) is 12.5. The highest BCUT2D eigenvalue weighted by Crippen LogP contribution is 2.19. The van der Waals surface area contributed by atoms with E-state index in [1.807, 2.05) is 18.2 Å².